The molecule has 174 valence electrons. The third kappa shape index (κ3) is 6.25. The lowest BCUT2D eigenvalue weighted by Gasteiger charge is -2.41. The molecule has 0 fully saturated rings. The first kappa shape index (κ1) is 24.6. The van der Waals surface area contributed by atoms with E-state index >= 15 is 0 Å². The molecule has 0 radical (unpaired) electrons. The van der Waals surface area contributed by atoms with Crippen LogP contribution in [0.25, 0.3) is 0 Å². The van der Waals surface area contributed by atoms with Crippen LogP contribution in [0.4, 0.5) is 0 Å². The van der Waals surface area contributed by atoms with E-state index in [-0.39, 0.29) is 11.9 Å². The van der Waals surface area contributed by atoms with Gasteiger partial charge in [-0.05, 0) is 42.4 Å². The average molecular weight is 443 g/mol. The molecule has 0 saturated heterocycles. The van der Waals surface area contributed by atoms with Gasteiger partial charge >= 0.3 is 0 Å². The second-order valence-electron chi connectivity index (χ2n) is 8.56. The molecule has 1 amide bonds. The smallest absolute Gasteiger partial charge is 0.223 e. The van der Waals surface area contributed by atoms with Crippen LogP contribution in [-0.2, 0) is 11.2 Å². The van der Waals surface area contributed by atoms with Crippen molar-refractivity contribution in [3.63, 3.8) is 0 Å². The Kier molecular flexibility index (Phi) is 9.12. The lowest BCUT2D eigenvalue weighted by atomic mass is 9.85. The van der Waals surface area contributed by atoms with Gasteiger partial charge in [-0.15, -0.1) is 0 Å². The van der Waals surface area contributed by atoms with Crippen molar-refractivity contribution in [2.45, 2.75) is 53.0 Å². The third-order valence-corrected chi connectivity index (χ3v) is 6.34. The number of rotatable bonds is 4. The lowest BCUT2D eigenvalue weighted by molar-refractivity contribution is -0.133. The van der Waals surface area contributed by atoms with Crippen LogP contribution in [0.1, 0.15) is 56.3 Å². The summed E-state index contributed by atoms with van der Waals surface area (Å²) in [6, 6.07) is 18.9. The van der Waals surface area contributed by atoms with Crippen LogP contribution in [0, 0.1) is 12.8 Å². The van der Waals surface area contributed by atoms with Gasteiger partial charge in [0.15, 0.2) is 0 Å². The van der Waals surface area contributed by atoms with Gasteiger partial charge in [0.25, 0.3) is 0 Å². The molecule has 2 aromatic carbocycles. The molecule has 0 aromatic heterocycles. The summed E-state index contributed by atoms with van der Waals surface area (Å²) in [4.78, 5) is 15.5. The molecule has 0 bridgehead atoms. The zero-order chi connectivity index (χ0) is 23.6. The molecule has 2 atom stereocenters. The van der Waals surface area contributed by atoms with Crippen LogP contribution in [0.5, 0.6) is 0 Å². The topological polar surface area (TPSA) is 32.3 Å². The van der Waals surface area contributed by atoms with Crippen LogP contribution in [0.15, 0.2) is 90.2 Å². The molecule has 2 unspecified atom stereocenters. The zero-order valence-electron chi connectivity index (χ0n) is 20.6. The van der Waals surface area contributed by atoms with Crippen molar-refractivity contribution < 1.29 is 4.79 Å². The van der Waals surface area contributed by atoms with Gasteiger partial charge in [0, 0.05) is 25.2 Å². The number of carbonyl (C=O) groups excluding carboxylic acids is 1. The first-order valence-corrected chi connectivity index (χ1v) is 12.3. The maximum atomic E-state index is 13.4. The van der Waals surface area contributed by atoms with E-state index in [2.05, 4.69) is 84.8 Å². The third-order valence-electron chi connectivity index (χ3n) is 6.34. The van der Waals surface area contributed by atoms with E-state index in [0.717, 1.165) is 25.9 Å². The Morgan fingerprint density at radius 2 is 1.76 bits per heavy atom. The molecule has 3 nitrogen and oxygen atoms in total. The molecule has 1 N–H and O–H groups in total. The first-order valence-electron chi connectivity index (χ1n) is 12.3. The minimum absolute atomic E-state index is 0.0602. The summed E-state index contributed by atoms with van der Waals surface area (Å²) < 4.78 is 0. The highest BCUT2D eigenvalue weighted by Crippen LogP contribution is 2.38. The first-order chi connectivity index (χ1) is 16.1. The monoisotopic (exact) mass is 442 g/mol. The number of nitrogens with one attached hydrogen (secondary N) is 1. The SMILES string of the molecule is CC.Cc1ccc(C2C3=C(CCN2C(=O)CCc2ccccc2)C(C)/C=C\C=C/CN3)cc1. The van der Waals surface area contributed by atoms with Crippen molar-refractivity contribution >= 4 is 5.91 Å². The molecular formula is C30H38N2O. The normalized spacial score (nSPS) is 21.9. The highest BCUT2D eigenvalue weighted by molar-refractivity contribution is 5.78. The van der Waals surface area contributed by atoms with Gasteiger partial charge in [-0.25, -0.2) is 0 Å². The molecule has 2 aliphatic rings. The molecule has 0 saturated carbocycles. The van der Waals surface area contributed by atoms with E-state index in [1.165, 1.54) is 28.0 Å². The Hall–Kier alpha value is -3.07. The lowest BCUT2D eigenvalue weighted by Crippen LogP contribution is -2.44. The highest BCUT2D eigenvalue weighted by atomic mass is 16.2. The van der Waals surface area contributed by atoms with Crippen molar-refractivity contribution in [3.8, 4) is 0 Å². The van der Waals surface area contributed by atoms with Gasteiger partial charge in [0.1, 0.15) is 0 Å². The molecule has 0 spiro atoms. The van der Waals surface area contributed by atoms with Gasteiger partial charge in [-0.1, -0.05) is 105 Å². The number of allylic oxidation sites excluding steroid dienone is 3. The largest absolute Gasteiger partial charge is 0.383 e. The number of hydrogen-bond donors (Lipinski definition) is 1. The quantitative estimate of drug-likeness (QED) is 0.583. The fourth-order valence-corrected chi connectivity index (χ4v) is 4.59. The molecule has 3 heteroatoms. The van der Waals surface area contributed by atoms with Gasteiger partial charge < -0.3 is 10.2 Å². The summed E-state index contributed by atoms with van der Waals surface area (Å²) in [5, 5.41) is 3.67. The number of carbonyl (C=O) groups is 1. The van der Waals surface area contributed by atoms with Gasteiger partial charge in [0.05, 0.1) is 6.04 Å². The number of nitrogens with zero attached hydrogens (tertiary/aromatic N) is 1. The summed E-state index contributed by atoms with van der Waals surface area (Å²) in [6.45, 7) is 9.89. The number of amides is 1. The minimum atomic E-state index is -0.0602. The fraction of sp³-hybridized carbons (Fsp3) is 0.367. The van der Waals surface area contributed by atoms with Crippen molar-refractivity contribution in [1.82, 2.24) is 10.2 Å². The van der Waals surface area contributed by atoms with Gasteiger partial charge in [0.2, 0.25) is 5.91 Å². The Labute approximate surface area is 199 Å². The summed E-state index contributed by atoms with van der Waals surface area (Å²) in [5.41, 5.74) is 6.24. The molecular weight excluding hydrogens is 404 g/mol. The Morgan fingerprint density at radius 1 is 1.03 bits per heavy atom. The van der Waals surface area contributed by atoms with Gasteiger partial charge in [-0.3, -0.25) is 4.79 Å². The van der Waals surface area contributed by atoms with E-state index < -0.39 is 0 Å². The van der Waals surface area contributed by atoms with Crippen LogP contribution in [-0.4, -0.2) is 23.9 Å². The predicted octanol–water partition coefficient (Wildman–Crippen LogP) is 6.53. The van der Waals surface area contributed by atoms with Crippen LogP contribution in [0.2, 0.25) is 0 Å². The number of aryl methyl sites for hydroxylation is 2. The van der Waals surface area contributed by atoms with E-state index in [4.69, 9.17) is 0 Å². The summed E-state index contributed by atoms with van der Waals surface area (Å²) in [5.74, 6) is 0.571. The van der Waals surface area contributed by atoms with Crippen molar-refractivity contribution in [3.05, 3.63) is 107 Å². The van der Waals surface area contributed by atoms with Crippen LogP contribution >= 0.6 is 0 Å². The Bertz CT molecular complexity index is 986. The van der Waals surface area contributed by atoms with E-state index in [0.29, 0.717) is 12.3 Å². The van der Waals surface area contributed by atoms with E-state index in [1.807, 2.05) is 32.0 Å². The molecule has 33 heavy (non-hydrogen) atoms. The molecule has 2 heterocycles. The Morgan fingerprint density at radius 3 is 2.48 bits per heavy atom. The van der Waals surface area contributed by atoms with Crippen LogP contribution in [0.3, 0.4) is 0 Å². The number of benzene rings is 2. The Balaban J connectivity index is 0.00000149. The summed E-state index contributed by atoms with van der Waals surface area (Å²) in [6.07, 6.45) is 10.9. The van der Waals surface area contributed by atoms with Crippen LogP contribution < -0.4 is 5.32 Å². The standard InChI is InChI=1S/C28H32N2O.C2H6/c1-21-12-15-24(16-13-21)28-27-25(22(2)9-5-4-8-19-29-27)18-20-30(28)26(31)17-14-23-10-6-3-7-11-23;1-2/h3-13,15-16,22,28-29H,14,17-20H2,1-2H3;1-2H3/b8-4-,9-5-;. The fourth-order valence-electron chi connectivity index (χ4n) is 4.59. The molecule has 0 aliphatic carbocycles. The summed E-state index contributed by atoms with van der Waals surface area (Å²) >= 11 is 0. The highest BCUT2D eigenvalue weighted by Gasteiger charge is 2.34. The predicted molar refractivity (Wildman–Crippen MR) is 139 cm³/mol. The maximum absolute atomic E-state index is 13.4. The zero-order valence-corrected chi connectivity index (χ0v) is 20.6. The maximum Gasteiger partial charge on any atom is 0.223 e. The average Bonchev–Trinajstić information content (AvgIpc) is 2.95. The minimum Gasteiger partial charge on any atom is -0.383 e. The number of hydrogen-bond acceptors (Lipinski definition) is 2. The van der Waals surface area contributed by atoms with E-state index in [1.54, 1.807) is 0 Å². The molecule has 2 aliphatic heterocycles. The van der Waals surface area contributed by atoms with Crippen molar-refractivity contribution in [2.24, 2.45) is 5.92 Å². The van der Waals surface area contributed by atoms with Gasteiger partial charge in [-0.2, -0.15) is 0 Å². The second kappa shape index (κ2) is 12.2. The van der Waals surface area contributed by atoms with Crippen molar-refractivity contribution in [2.75, 3.05) is 13.1 Å². The van der Waals surface area contributed by atoms with E-state index in [9.17, 15) is 4.79 Å². The second-order valence-corrected chi connectivity index (χ2v) is 8.56. The molecule has 4 rings (SSSR count). The molecule has 2 aromatic rings. The van der Waals surface area contributed by atoms with Crippen molar-refractivity contribution in [1.29, 1.82) is 0 Å². The summed E-state index contributed by atoms with van der Waals surface area (Å²) in [7, 11) is 0.